The summed E-state index contributed by atoms with van der Waals surface area (Å²) in [6.07, 6.45) is 2.93. The van der Waals surface area contributed by atoms with Crippen LogP contribution in [0.25, 0.3) is 11.3 Å². The van der Waals surface area contributed by atoms with Crippen molar-refractivity contribution in [2.75, 3.05) is 24.7 Å². The van der Waals surface area contributed by atoms with Crippen molar-refractivity contribution >= 4 is 44.2 Å². The van der Waals surface area contributed by atoms with E-state index in [0.29, 0.717) is 41.9 Å². The smallest absolute Gasteiger partial charge is 0.243 e. The van der Waals surface area contributed by atoms with Gasteiger partial charge in [-0.05, 0) is 54.8 Å². The molecule has 4 rings (SSSR count). The number of sulfonamides is 1. The number of thioether (sulfide) groups is 1. The fraction of sp³-hybridized carbons (Fsp3) is 0.360. The molecule has 0 unspecified atom stereocenters. The molecule has 1 fully saturated rings. The zero-order valence-electron chi connectivity index (χ0n) is 19.5. The first kappa shape index (κ1) is 24.9. The van der Waals surface area contributed by atoms with E-state index in [0.717, 1.165) is 16.2 Å². The van der Waals surface area contributed by atoms with Crippen LogP contribution in [0.15, 0.2) is 63.7 Å². The Hall–Kier alpha value is -2.20. The van der Waals surface area contributed by atoms with Crippen molar-refractivity contribution in [2.24, 2.45) is 5.92 Å². The monoisotopic (exact) mass is 515 g/mol. The Bertz CT molecular complexity index is 1230. The maximum Gasteiger partial charge on any atom is 0.243 e. The Morgan fingerprint density at radius 3 is 2.32 bits per heavy atom. The molecule has 0 saturated carbocycles. The normalized spacial score (nSPS) is 15.5. The summed E-state index contributed by atoms with van der Waals surface area (Å²) in [5, 5.41) is 5.44. The molecule has 1 aliphatic rings. The number of aromatic nitrogens is 1. The van der Waals surface area contributed by atoms with Gasteiger partial charge < -0.3 is 5.32 Å². The molecule has 0 radical (unpaired) electrons. The number of piperidine rings is 1. The van der Waals surface area contributed by atoms with Crippen molar-refractivity contribution in [1.29, 1.82) is 0 Å². The fourth-order valence-electron chi connectivity index (χ4n) is 3.97. The van der Waals surface area contributed by atoms with Crippen LogP contribution in [0, 0.1) is 5.92 Å². The first-order valence-corrected chi connectivity index (χ1v) is 14.8. The summed E-state index contributed by atoms with van der Waals surface area (Å²) in [6.45, 7) is 4.98. The zero-order chi connectivity index (χ0) is 24.3. The summed E-state index contributed by atoms with van der Waals surface area (Å²) >= 11 is 2.97. The lowest BCUT2D eigenvalue weighted by molar-refractivity contribution is -0.120. The molecule has 1 N–H and O–H groups in total. The minimum atomic E-state index is -3.55. The van der Waals surface area contributed by atoms with Gasteiger partial charge in [0.25, 0.3) is 0 Å². The van der Waals surface area contributed by atoms with E-state index in [4.69, 9.17) is 0 Å². The number of hydrogen-bond donors (Lipinski definition) is 1. The number of nitrogens with zero attached hydrogens (tertiary/aromatic N) is 2. The van der Waals surface area contributed by atoms with Gasteiger partial charge in [0, 0.05) is 34.8 Å². The molecular formula is C25H29N3O3S3. The summed E-state index contributed by atoms with van der Waals surface area (Å²) in [5.41, 5.74) is 3.13. The maximum absolute atomic E-state index is 13.0. The molecule has 9 heteroatoms. The third kappa shape index (κ3) is 5.54. The third-order valence-electron chi connectivity index (χ3n) is 6.13. The van der Waals surface area contributed by atoms with Crippen molar-refractivity contribution in [2.45, 2.75) is 42.4 Å². The molecule has 2 aromatic carbocycles. The second kappa shape index (κ2) is 10.6. The maximum atomic E-state index is 13.0. The van der Waals surface area contributed by atoms with Crippen LogP contribution in [0.5, 0.6) is 0 Å². The van der Waals surface area contributed by atoms with Gasteiger partial charge in [-0.3, -0.25) is 4.79 Å². The van der Waals surface area contributed by atoms with Crippen LogP contribution in [-0.4, -0.2) is 43.0 Å². The first-order valence-electron chi connectivity index (χ1n) is 11.3. The number of nitrogens with one attached hydrogen (secondary N) is 1. The van der Waals surface area contributed by atoms with E-state index in [2.05, 4.69) is 48.4 Å². The lowest BCUT2D eigenvalue weighted by Gasteiger charge is -2.30. The Morgan fingerprint density at radius 2 is 1.74 bits per heavy atom. The molecular weight excluding hydrogens is 486 g/mol. The number of carbonyl (C=O) groups excluding carboxylic acids is 1. The van der Waals surface area contributed by atoms with Crippen LogP contribution in [0.4, 0.5) is 5.13 Å². The molecule has 1 saturated heterocycles. The van der Waals surface area contributed by atoms with E-state index in [1.165, 1.54) is 21.2 Å². The molecule has 3 aromatic rings. The van der Waals surface area contributed by atoms with E-state index in [1.807, 2.05) is 23.8 Å². The number of anilines is 1. The summed E-state index contributed by atoms with van der Waals surface area (Å²) in [6, 6.07) is 15.3. The summed E-state index contributed by atoms with van der Waals surface area (Å²) < 4.78 is 27.4. The summed E-state index contributed by atoms with van der Waals surface area (Å²) in [7, 11) is -3.55. The van der Waals surface area contributed by atoms with E-state index in [-0.39, 0.29) is 11.8 Å². The highest BCUT2D eigenvalue weighted by atomic mass is 32.2. The second-order valence-electron chi connectivity index (χ2n) is 8.66. The Balaban J connectivity index is 1.34. The van der Waals surface area contributed by atoms with Gasteiger partial charge in [0.2, 0.25) is 15.9 Å². The van der Waals surface area contributed by atoms with Crippen molar-refractivity contribution in [3.05, 3.63) is 59.5 Å². The van der Waals surface area contributed by atoms with Gasteiger partial charge in [0.05, 0.1) is 10.6 Å². The summed E-state index contributed by atoms with van der Waals surface area (Å²) in [5.74, 6) is 0.141. The molecule has 1 aromatic heterocycles. The van der Waals surface area contributed by atoms with Crippen LogP contribution in [0.1, 0.15) is 38.2 Å². The Kier molecular flexibility index (Phi) is 7.77. The van der Waals surface area contributed by atoms with Crippen LogP contribution in [-0.2, 0) is 14.8 Å². The lowest BCUT2D eigenvalue weighted by atomic mass is 9.97. The standard InChI is InChI=1S/C25H29N3O3S3/c1-17(2)18-4-6-19(7-5-18)23-16-33-25(26-23)27-24(29)20-12-14-28(15-13-20)34(30,31)22-10-8-21(32-3)9-11-22/h4-11,16-17,20H,12-15H2,1-3H3,(H,26,27,29). The predicted octanol–water partition coefficient (Wildman–Crippen LogP) is 5.69. The van der Waals surface area contributed by atoms with Crippen LogP contribution in [0.3, 0.4) is 0 Å². The third-order valence-corrected chi connectivity index (χ3v) is 9.54. The molecule has 1 amide bonds. The number of thiazole rings is 1. The Labute approximate surface area is 209 Å². The largest absolute Gasteiger partial charge is 0.302 e. The lowest BCUT2D eigenvalue weighted by Crippen LogP contribution is -2.41. The van der Waals surface area contributed by atoms with E-state index in [9.17, 15) is 13.2 Å². The van der Waals surface area contributed by atoms with Crippen molar-refractivity contribution < 1.29 is 13.2 Å². The number of amides is 1. The zero-order valence-corrected chi connectivity index (χ0v) is 22.0. The predicted molar refractivity (Wildman–Crippen MR) is 140 cm³/mol. The highest BCUT2D eigenvalue weighted by Gasteiger charge is 2.32. The van der Waals surface area contributed by atoms with Gasteiger partial charge in [-0.25, -0.2) is 13.4 Å². The Morgan fingerprint density at radius 1 is 1.09 bits per heavy atom. The van der Waals surface area contributed by atoms with Gasteiger partial charge in [-0.1, -0.05) is 38.1 Å². The SMILES string of the molecule is CSc1ccc(S(=O)(=O)N2CCC(C(=O)Nc3nc(-c4ccc(C(C)C)cc4)cs3)CC2)cc1. The number of benzene rings is 2. The quantitative estimate of drug-likeness (QED) is 0.409. The van der Waals surface area contributed by atoms with Gasteiger partial charge in [0.15, 0.2) is 5.13 Å². The topological polar surface area (TPSA) is 79.4 Å². The molecule has 0 bridgehead atoms. The van der Waals surface area contributed by atoms with E-state index >= 15 is 0 Å². The number of rotatable bonds is 7. The first-order chi connectivity index (χ1) is 16.3. The van der Waals surface area contributed by atoms with Crippen molar-refractivity contribution in [1.82, 2.24) is 9.29 Å². The minimum Gasteiger partial charge on any atom is -0.302 e. The van der Waals surface area contributed by atoms with Crippen molar-refractivity contribution in [3.8, 4) is 11.3 Å². The molecule has 0 aliphatic carbocycles. The second-order valence-corrected chi connectivity index (χ2v) is 12.3. The molecule has 1 aliphatic heterocycles. The average molecular weight is 516 g/mol. The van der Waals surface area contributed by atoms with Gasteiger partial charge in [0.1, 0.15) is 0 Å². The number of carbonyl (C=O) groups is 1. The number of hydrogen-bond acceptors (Lipinski definition) is 6. The highest BCUT2D eigenvalue weighted by Crippen LogP contribution is 2.29. The molecule has 34 heavy (non-hydrogen) atoms. The van der Waals surface area contributed by atoms with E-state index < -0.39 is 10.0 Å². The fourth-order valence-corrected chi connectivity index (χ4v) is 6.57. The molecule has 0 atom stereocenters. The van der Waals surface area contributed by atoms with Crippen LogP contribution >= 0.6 is 23.1 Å². The minimum absolute atomic E-state index is 0.0996. The van der Waals surface area contributed by atoms with Gasteiger partial charge in [-0.15, -0.1) is 23.1 Å². The molecule has 2 heterocycles. The molecule has 6 nitrogen and oxygen atoms in total. The molecule has 0 spiro atoms. The average Bonchev–Trinajstić information content (AvgIpc) is 3.32. The van der Waals surface area contributed by atoms with Gasteiger partial charge >= 0.3 is 0 Å². The van der Waals surface area contributed by atoms with Crippen LogP contribution < -0.4 is 5.32 Å². The van der Waals surface area contributed by atoms with E-state index in [1.54, 1.807) is 23.9 Å². The van der Waals surface area contributed by atoms with Gasteiger partial charge in [-0.2, -0.15) is 4.31 Å². The van der Waals surface area contributed by atoms with Crippen molar-refractivity contribution in [3.63, 3.8) is 0 Å². The summed E-state index contributed by atoms with van der Waals surface area (Å²) in [4.78, 5) is 18.7. The van der Waals surface area contributed by atoms with Crippen LogP contribution in [0.2, 0.25) is 0 Å². The highest BCUT2D eigenvalue weighted by molar-refractivity contribution is 7.98. The molecule has 180 valence electrons.